The predicted molar refractivity (Wildman–Crippen MR) is 74.8 cm³/mol. The molecule has 1 fully saturated rings. The van der Waals surface area contributed by atoms with Crippen molar-refractivity contribution in [3.63, 3.8) is 0 Å². The maximum Gasteiger partial charge on any atom is 0.150 e. The minimum absolute atomic E-state index is 0.261. The van der Waals surface area contributed by atoms with Gasteiger partial charge in [-0.05, 0) is 39.7 Å². The molecular weight excluding hydrogens is 238 g/mol. The highest BCUT2D eigenvalue weighted by atomic mass is 15.3. The number of likely N-dealkylation sites (tertiary alicyclic amines) is 1. The minimum Gasteiger partial charge on any atom is -0.327 e. The van der Waals surface area contributed by atoms with Gasteiger partial charge in [-0.2, -0.15) is 0 Å². The summed E-state index contributed by atoms with van der Waals surface area (Å²) < 4.78 is 2.33. The summed E-state index contributed by atoms with van der Waals surface area (Å²) in [6, 6.07) is 1.28. The predicted octanol–water partition coefficient (Wildman–Crippen LogP) is 1.49. The summed E-state index contributed by atoms with van der Waals surface area (Å²) in [4.78, 5) is 2.58. The monoisotopic (exact) mass is 263 g/mol. The lowest BCUT2D eigenvalue weighted by atomic mass is 9.99. The summed E-state index contributed by atoms with van der Waals surface area (Å²) in [5, 5.41) is 8.89. The molecule has 3 rings (SSSR count). The van der Waals surface area contributed by atoms with Crippen LogP contribution in [0.15, 0.2) is 0 Å². The number of nitrogens with two attached hydrogens (primary N) is 1. The first-order valence-electron chi connectivity index (χ1n) is 7.60. The second kappa shape index (κ2) is 5.21. The zero-order valence-electron chi connectivity index (χ0n) is 12.0. The van der Waals surface area contributed by atoms with Crippen LogP contribution in [0.1, 0.15) is 57.2 Å². The number of hydrogen-bond acceptors (Lipinski definition) is 4. The zero-order valence-corrected chi connectivity index (χ0v) is 12.0. The Labute approximate surface area is 115 Å². The summed E-state index contributed by atoms with van der Waals surface area (Å²) in [6.07, 6.45) is 5.74. The lowest BCUT2D eigenvalue weighted by molar-refractivity contribution is 0.102. The average molecular weight is 263 g/mol. The van der Waals surface area contributed by atoms with Crippen LogP contribution in [-0.2, 0) is 13.0 Å². The summed E-state index contributed by atoms with van der Waals surface area (Å²) in [6.45, 7) is 6.73. The molecule has 2 atom stereocenters. The van der Waals surface area contributed by atoms with E-state index in [1.54, 1.807) is 0 Å². The van der Waals surface area contributed by atoms with Crippen LogP contribution in [0.25, 0.3) is 0 Å². The number of nitrogens with zero attached hydrogens (tertiary/aromatic N) is 4. The zero-order chi connectivity index (χ0) is 13.4. The van der Waals surface area contributed by atoms with Crippen molar-refractivity contribution in [3.8, 4) is 0 Å². The highest BCUT2D eigenvalue weighted by Crippen LogP contribution is 2.32. The van der Waals surface area contributed by atoms with Gasteiger partial charge >= 0.3 is 0 Å². The quantitative estimate of drug-likeness (QED) is 0.878. The SMILES string of the molecule is CC(C)N1CCCCC1c1nnc2n1CCC(N)C2. The van der Waals surface area contributed by atoms with Gasteiger partial charge in [-0.15, -0.1) is 10.2 Å². The van der Waals surface area contributed by atoms with Crippen molar-refractivity contribution < 1.29 is 0 Å². The Bertz CT molecular complexity index is 439. The third kappa shape index (κ3) is 2.41. The highest BCUT2D eigenvalue weighted by molar-refractivity contribution is 5.07. The standard InChI is InChI=1S/C14H25N5/c1-10(2)18-7-4-3-5-12(18)14-17-16-13-9-11(15)6-8-19(13)14/h10-12H,3-9,15H2,1-2H3. The van der Waals surface area contributed by atoms with Crippen molar-refractivity contribution in [3.05, 3.63) is 11.6 Å². The fraction of sp³-hybridized carbons (Fsp3) is 0.857. The van der Waals surface area contributed by atoms with Crippen molar-refractivity contribution in [2.24, 2.45) is 5.73 Å². The molecule has 0 aliphatic carbocycles. The first kappa shape index (κ1) is 13.1. The summed E-state index contributed by atoms with van der Waals surface area (Å²) in [7, 11) is 0. The third-order valence-electron chi connectivity index (χ3n) is 4.53. The van der Waals surface area contributed by atoms with Gasteiger partial charge in [0.25, 0.3) is 0 Å². The van der Waals surface area contributed by atoms with Crippen molar-refractivity contribution in [1.82, 2.24) is 19.7 Å². The molecule has 2 aliphatic rings. The summed E-state index contributed by atoms with van der Waals surface area (Å²) >= 11 is 0. The van der Waals surface area contributed by atoms with Gasteiger partial charge in [-0.3, -0.25) is 4.90 Å². The van der Waals surface area contributed by atoms with Gasteiger partial charge in [0, 0.05) is 25.0 Å². The van der Waals surface area contributed by atoms with E-state index in [0.717, 1.165) is 25.2 Å². The van der Waals surface area contributed by atoms with Crippen molar-refractivity contribution >= 4 is 0 Å². The topological polar surface area (TPSA) is 60.0 Å². The Morgan fingerprint density at radius 3 is 2.79 bits per heavy atom. The van der Waals surface area contributed by atoms with Gasteiger partial charge < -0.3 is 10.3 Å². The van der Waals surface area contributed by atoms with Crippen molar-refractivity contribution in [1.29, 1.82) is 0 Å². The number of rotatable bonds is 2. The Morgan fingerprint density at radius 1 is 1.16 bits per heavy atom. The van der Waals surface area contributed by atoms with Gasteiger partial charge in [0.1, 0.15) is 11.6 Å². The number of hydrogen-bond donors (Lipinski definition) is 1. The van der Waals surface area contributed by atoms with Crippen molar-refractivity contribution in [2.75, 3.05) is 6.54 Å². The average Bonchev–Trinajstić information content (AvgIpc) is 2.81. The molecule has 106 valence electrons. The van der Waals surface area contributed by atoms with E-state index in [0.29, 0.717) is 12.1 Å². The lowest BCUT2D eigenvalue weighted by Crippen LogP contribution is -2.40. The van der Waals surface area contributed by atoms with E-state index in [9.17, 15) is 0 Å². The van der Waals surface area contributed by atoms with E-state index in [-0.39, 0.29) is 6.04 Å². The minimum atomic E-state index is 0.261. The molecule has 0 aromatic carbocycles. The molecule has 2 unspecified atom stereocenters. The molecule has 0 radical (unpaired) electrons. The van der Waals surface area contributed by atoms with Gasteiger partial charge in [0.2, 0.25) is 0 Å². The number of aromatic nitrogens is 3. The van der Waals surface area contributed by atoms with Crippen LogP contribution in [0.5, 0.6) is 0 Å². The molecule has 2 N–H and O–H groups in total. The molecule has 5 nitrogen and oxygen atoms in total. The van der Waals surface area contributed by atoms with Crippen LogP contribution in [0.2, 0.25) is 0 Å². The van der Waals surface area contributed by atoms with Crippen LogP contribution in [0, 0.1) is 0 Å². The second-order valence-electron chi connectivity index (χ2n) is 6.22. The summed E-state index contributed by atoms with van der Waals surface area (Å²) in [5.41, 5.74) is 6.02. The number of fused-ring (bicyclic) bond motifs is 1. The Hall–Kier alpha value is -0.940. The Balaban J connectivity index is 1.88. The molecule has 0 spiro atoms. The molecule has 1 aromatic rings. The smallest absolute Gasteiger partial charge is 0.150 e. The van der Waals surface area contributed by atoms with Crippen LogP contribution >= 0.6 is 0 Å². The molecule has 19 heavy (non-hydrogen) atoms. The molecule has 2 aliphatic heterocycles. The molecular formula is C14H25N5. The molecule has 3 heterocycles. The van der Waals surface area contributed by atoms with Gasteiger partial charge in [0.15, 0.2) is 0 Å². The van der Waals surface area contributed by atoms with Crippen LogP contribution < -0.4 is 5.73 Å². The first-order valence-corrected chi connectivity index (χ1v) is 7.60. The van der Waals surface area contributed by atoms with Gasteiger partial charge in [-0.1, -0.05) is 6.42 Å². The van der Waals surface area contributed by atoms with E-state index in [1.807, 2.05) is 0 Å². The first-order chi connectivity index (χ1) is 9.16. The van der Waals surface area contributed by atoms with Gasteiger partial charge in [-0.25, -0.2) is 0 Å². The molecule has 0 saturated carbocycles. The molecule has 1 saturated heterocycles. The number of piperidine rings is 1. The summed E-state index contributed by atoms with van der Waals surface area (Å²) in [5.74, 6) is 2.26. The van der Waals surface area contributed by atoms with E-state index in [1.165, 1.54) is 31.6 Å². The van der Waals surface area contributed by atoms with E-state index in [2.05, 4.69) is 33.5 Å². The maximum absolute atomic E-state index is 6.02. The van der Waals surface area contributed by atoms with Crippen LogP contribution in [-0.4, -0.2) is 38.3 Å². The molecule has 0 bridgehead atoms. The van der Waals surface area contributed by atoms with Gasteiger partial charge in [0.05, 0.1) is 6.04 Å². The second-order valence-corrected chi connectivity index (χ2v) is 6.22. The molecule has 1 aromatic heterocycles. The molecule has 0 amide bonds. The van der Waals surface area contributed by atoms with E-state index in [4.69, 9.17) is 5.73 Å². The maximum atomic E-state index is 6.02. The van der Waals surface area contributed by atoms with Crippen LogP contribution in [0.4, 0.5) is 0 Å². The highest BCUT2D eigenvalue weighted by Gasteiger charge is 2.32. The Morgan fingerprint density at radius 2 is 2.00 bits per heavy atom. The van der Waals surface area contributed by atoms with E-state index >= 15 is 0 Å². The van der Waals surface area contributed by atoms with E-state index < -0.39 is 0 Å². The van der Waals surface area contributed by atoms with Crippen molar-refractivity contribution in [2.45, 2.75) is 70.6 Å². The molecule has 5 heteroatoms. The Kier molecular flexibility index (Phi) is 3.58. The largest absolute Gasteiger partial charge is 0.327 e. The fourth-order valence-electron chi connectivity index (χ4n) is 3.47. The lowest BCUT2D eigenvalue weighted by Gasteiger charge is -2.38. The fourth-order valence-corrected chi connectivity index (χ4v) is 3.47. The third-order valence-corrected chi connectivity index (χ3v) is 4.53. The van der Waals surface area contributed by atoms with Crippen LogP contribution in [0.3, 0.4) is 0 Å². The normalized spacial score (nSPS) is 28.6.